The van der Waals surface area contributed by atoms with E-state index >= 15 is 0 Å². The molecule has 0 radical (unpaired) electrons. The molecule has 2 aromatic rings. The number of halogens is 1. The van der Waals surface area contributed by atoms with Crippen molar-refractivity contribution in [3.8, 4) is 10.6 Å². The van der Waals surface area contributed by atoms with E-state index in [2.05, 4.69) is 4.98 Å². The predicted octanol–water partition coefficient (Wildman–Crippen LogP) is 1.87. The number of carbonyl (C=O) groups is 1. The number of nitrogens with zero attached hydrogens (tertiary/aromatic N) is 1. The molecule has 1 aromatic carbocycles. The average Bonchev–Trinajstić information content (AvgIpc) is 2.87. The first-order valence-electron chi connectivity index (χ1n) is 5.42. The molecule has 7 heteroatoms. The number of thiazole rings is 1. The lowest BCUT2D eigenvalue weighted by atomic mass is 10.2. The second-order valence-electron chi connectivity index (χ2n) is 3.85. The van der Waals surface area contributed by atoms with Crippen LogP contribution in [0.5, 0.6) is 0 Å². The zero-order valence-electron chi connectivity index (χ0n) is 9.71. The Morgan fingerprint density at radius 2 is 2.11 bits per heavy atom. The molecule has 0 aliphatic carbocycles. The molecule has 1 atom stereocenters. The van der Waals surface area contributed by atoms with Crippen molar-refractivity contribution in [3.63, 3.8) is 0 Å². The maximum atomic E-state index is 11.0. The number of amides is 1. The molecule has 0 bridgehead atoms. The van der Waals surface area contributed by atoms with Crippen LogP contribution in [0.15, 0.2) is 29.6 Å². The second kappa shape index (κ2) is 6.12. The van der Waals surface area contributed by atoms with Crippen molar-refractivity contribution in [1.29, 1.82) is 0 Å². The Morgan fingerprint density at radius 3 is 2.74 bits per heavy atom. The van der Waals surface area contributed by atoms with Crippen LogP contribution in [0.3, 0.4) is 0 Å². The van der Waals surface area contributed by atoms with Crippen molar-refractivity contribution in [2.45, 2.75) is 12.5 Å². The SMILES string of the molecule is O=C(NO)C(O)Cc1csc(-c2ccc(Cl)cc2)n1. The van der Waals surface area contributed by atoms with Crippen LogP contribution in [0.1, 0.15) is 5.69 Å². The molecule has 3 N–H and O–H groups in total. The number of hydrogen-bond acceptors (Lipinski definition) is 5. The van der Waals surface area contributed by atoms with Gasteiger partial charge in [0.2, 0.25) is 0 Å². The highest BCUT2D eigenvalue weighted by atomic mass is 35.5. The summed E-state index contributed by atoms with van der Waals surface area (Å²) in [5.41, 5.74) is 2.91. The van der Waals surface area contributed by atoms with Crippen LogP contribution < -0.4 is 5.48 Å². The summed E-state index contributed by atoms with van der Waals surface area (Å²) < 4.78 is 0. The first-order valence-corrected chi connectivity index (χ1v) is 6.68. The molecule has 1 heterocycles. The maximum absolute atomic E-state index is 11.0. The Morgan fingerprint density at radius 1 is 1.42 bits per heavy atom. The number of rotatable bonds is 4. The van der Waals surface area contributed by atoms with Crippen molar-refractivity contribution in [2.24, 2.45) is 0 Å². The molecule has 0 saturated carbocycles. The Balaban J connectivity index is 2.11. The summed E-state index contributed by atoms with van der Waals surface area (Å²) in [6.45, 7) is 0. The number of aromatic nitrogens is 1. The highest BCUT2D eigenvalue weighted by molar-refractivity contribution is 7.13. The molecule has 0 fully saturated rings. The van der Waals surface area contributed by atoms with Crippen molar-refractivity contribution >= 4 is 28.8 Å². The lowest BCUT2D eigenvalue weighted by Crippen LogP contribution is -2.33. The number of aliphatic hydroxyl groups excluding tert-OH is 1. The zero-order valence-corrected chi connectivity index (χ0v) is 11.3. The normalized spacial score (nSPS) is 12.2. The third-order valence-electron chi connectivity index (χ3n) is 2.46. The molecule has 0 aliphatic rings. The van der Waals surface area contributed by atoms with Gasteiger partial charge in [0, 0.05) is 22.4 Å². The van der Waals surface area contributed by atoms with E-state index in [4.69, 9.17) is 16.8 Å². The molecule has 100 valence electrons. The van der Waals surface area contributed by atoms with Gasteiger partial charge in [0.25, 0.3) is 5.91 Å². The molecular weight excluding hydrogens is 288 g/mol. The number of nitrogens with one attached hydrogen (secondary N) is 1. The Hall–Kier alpha value is -1.47. The maximum Gasteiger partial charge on any atom is 0.272 e. The van der Waals surface area contributed by atoms with Gasteiger partial charge in [0.05, 0.1) is 5.69 Å². The summed E-state index contributed by atoms with van der Waals surface area (Å²) in [5, 5.41) is 21.1. The van der Waals surface area contributed by atoms with Gasteiger partial charge in [-0.3, -0.25) is 10.0 Å². The molecule has 5 nitrogen and oxygen atoms in total. The highest BCUT2D eigenvalue weighted by Gasteiger charge is 2.16. The van der Waals surface area contributed by atoms with Crippen LogP contribution in [0.2, 0.25) is 5.02 Å². The second-order valence-corrected chi connectivity index (χ2v) is 5.14. The topological polar surface area (TPSA) is 82.5 Å². The first-order chi connectivity index (χ1) is 9.10. The summed E-state index contributed by atoms with van der Waals surface area (Å²) in [4.78, 5) is 15.3. The fourth-order valence-electron chi connectivity index (χ4n) is 1.49. The van der Waals surface area contributed by atoms with Crippen LogP contribution in [0, 0.1) is 0 Å². The van der Waals surface area contributed by atoms with Crippen LogP contribution in [-0.2, 0) is 11.2 Å². The largest absolute Gasteiger partial charge is 0.383 e. The molecular formula is C12H11ClN2O3S. The lowest BCUT2D eigenvalue weighted by molar-refractivity contribution is -0.137. The smallest absolute Gasteiger partial charge is 0.272 e. The van der Waals surface area contributed by atoms with Crippen LogP contribution in [0.25, 0.3) is 10.6 Å². The summed E-state index contributed by atoms with van der Waals surface area (Å²) in [6, 6.07) is 7.24. The predicted molar refractivity (Wildman–Crippen MR) is 72.2 cm³/mol. The number of carbonyl (C=O) groups excluding carboxylic acids is 1. The fourth-order valence-corrected chi connectivity index (χ4v) is 2.46. The molecule has 19 heavy (non-hydrogen) atoms. The number of hydroxylamine groups is 1. The first kappa shape index (κ1) is 14.0. The van der Waals surface area contributed by atoms with Crippen LogP contribution in [-0.4, -0.2) is 27.3 Å². The van der Waals surface area contributed by atoms with Crippen LogP contribution in [0.4, 0.5) is 0 Å². The minimum absolute atomic E-state index is 0.0521. The van der Waals surface area contributed by atoms with Crippen molar-refractivity contribution in [2.75, 3.05) is 0 Å². The van der Waals surface area contributed by atoms with E-state index in [0.29, 0.717) is 10.7 Å². The summed E-state index contributed by atoms with van der Waals surface area (Å²) >= 11 is 7.22. The van der Waals surface area contributed by atoms with E-state index in [1.165, 1.54) is 16.8 Å². The third kappa shape index (κ3) is 3.51. The Bertz CT molecular complexity index is 571. The minimum atomic E-state index is -1.31. The minimum Gasteiger partial charge on any atom is -0.383 e. The summed E-state index contributed by atoms with van der Waals surface area (Å²) in [6.07, 6.45) is -1.26. The third-order valence-corrected chi connectivity index (χ3v) is 3.65. The quantitative estimate of drug-likeness (QED) is 0.594. The Labute approximate surface area is 118 Å². The van der Waals surface area contributed by atoms with Gasteiger partial charge >= 0.3 is 0 Å². The molecule has 0 aliphatic heterocycles. The van der Waals surface area contributed by atoms with Gasteiger partial charge in [0.1, 0.15) is 11.1 Å². The average molecular weight is 299 g/mol. The van der Waals surface area contributed by atoms with Crippen LogP contribution >= 0.6 is 22.9 Å². The van der Waals surface area contributed by atoms with Gasteiger partial charge in [-0.25, -0.2) is 10.5 Å². The van der Waals surface area contributed by atoms with Crippen molar-refractivity contribution < 1.29 is 15.1 Å². The van der Waals surface area contributed by atoms with Gasteiger partial charge in [-0.1, -0.05) is 23.7 Å². The van der Waals surface area contributed by atoms with Gasteiger partial charge in [-0.05, 0) is 12.1 Å². The molecule has 0 saturated heterocycles. The standard InChI is InChI=1S/C12H11ClN2O3S/c13-8-3-1-7(2-4-8)12-14-9(6-19-12)5-10(16)11(17)15-18/h1-4,6,10,16,18H,5H2,(H,15,17). The van der Waals surface area contributed by atoms with Gasteiger partial charge < -0.3 is 5.11 Å². The van der Waals surface area contributed by atoms with E-state index in [1.807, 2.05) is 12.1 Å². The fraction of sp³-hybridized carbons (Fsp3) is 0.167. The molecule has 1 amide bonds. The summed E-state index contributed by atoms with van der Waals surface area (Å²) in [5.74, 6) is -0.846. The highest BCUT2D eigenvalue weighted by Crippen LogP contribution is 2.25. The van der Waals surface area contributed by atoms with Crippen molar-refractivity contribution in [1.82, 2.24) is 10.5 Å². The van der Waals surface area contributed by atoms with E-state index in [0.717, 1.165) is 10.6 Å². The van der Waals surface area contributed by atoms with E-state index < -0.39 is 12.0 Å². The number of aliphatic hydroxyl groups is 1. The molecule has 0 spiro atoms. The lowest BCUT2D eigenvalue weighted by Gasteiger charge is -2.05. The Kier molecular flexibility index (Phi) is 4.49. The van der Waals surface area contributed by atoms with Gasteiger partial charge in [0.15, 0.2) is 0 Å². The van der Waals surface area contributed by atoms with E-state index in [1.54, 1.807) is 17.5 Å². The van der Waals surface area contributed by atoms with E-state index in [9.17, 15) is 9.90 Å². The molecule has 1 unspecified atom stereocenters. The van der Waals surface area contributed by atoms with E-state index in [-0.39, 0.29) is 6.42 Å². The van der Waals surface area contributed by atoms with Gasteiger partial charge in [-0.15, -0.1) is 11.3 Å². The number of hydrogen-bond donors (Lipinski definition) is 3. The molecule has 2 rings (SSSR count). The monoisotopic (exact) mass is 298 g/mol. The molecule has 1 aromatic heterocycles. The summed E-state index contributed by atoms with van der Waals surface area (Å²) in [7, 11) is 0. The number of benzene rings is 1. The van der Waals surface area contributed by atoms with Gasteiger partial charge in [-0.2, -0.15) is 0 Å². The van der Waals surface area contributed by atoms with Crippen molar-refractivity contribution in [3.05, 3.63) is 40.4 Å². The zero-order chi connectivity index (χ0) is 13.8.